The quantitative estimate of drug-likeness (QED) is 0.725. The van der Waals surface area contributed by atoms with E-state index in [4.69, 9.17) is 9.52 Å². The molecule has 1 aromatic rings. The molecular weight excluding hydrogens is 212 g/mol. The average molecular weight is 224 g/mol. The maximum absolute atomic E-state index is 11.9. The molecule has 0 aliphatic carbocycles. The maximum atomic E-state index is 11.9. The number of furan rings is 1. The van der Waals surface area contributed by atoms with Crippen LogP contribution in [-0.4, -0.2) is 47.6 Å². The largest absolute Gasteiger partial charge is 0.480 e. The van der Waals surface area contributed by atoms with Crippen molar-refractivity contribution in [2.45, 2.75) is 6.04 Å². The Balaban J connectivity index is 2.17. The number of piperazine rings is 1. The first kappa shape index (κ1) is 10.7. The smallest absolute Gasteiger partial charge is 0.327 e. The summed E-state index contributed by atoms with van der Waals surface area (Å²) in [6.45, 7) is 1.23. The average Bonchev–Trinajstić information content (AvgIpc) is 2.81. The van der Waals surface area contributed by atoms with Gasteiger partial charge in [-0.2, -0.15) is 0 Å². The number of amides is 1. The van der Waals surface area contributed by atoms with E-state index >= 15 is 0 Å². The highest BCUT2D eigenvalue weighted by Crippen LogP contribution is 2.11. The lowest BCUT2D eigenvalue weighted by molar-refractivity contribution is -0.142. The molecule has 2 rings (SSSR count). The molecule has 0 aromatic carbocycles. The Hall–Kier alpha value is -1.82. The lowest BCUT2D eigenvalue weighted by atomic mass is 10.2. The van der Waals surface area contributed by atoms with Gasteiger partial charge in [-0.25, -0.2) is 4.79 Å². The molecule has 1 unspecified atom stereocenters. The summed E-state index contributed by atoms with van der Waals surface area (Å²) in [5, 5.41) is 11.9. The van der Waals surface area contributed by atoms with Gasteiger partial charge in [-0.3, -0.25) is 4.79 Å². The van der Waals surface area contributed by atoms with E-state index in [1.54, 1.807) is 6.07 Å². The first-order valence-corrected chi connectivity index (χ1v) is 4.98. The summed E-state index contributed by atoms with van der Waals surface area (Å²) in [5.74, 6) is -1.21. The number of hydrogen-bond donors (Lipinski definition) is 2. The zero-order chi connectivity index (χ0) is 11.5. The molecule has 1 aromatic heterocycles. The molecular formula is C10H12N2O4. The summed E-state index contributed by atoms with van der Waals surface area (Å²) in [4.78, 5) is 24.2. The van der Waals surface area contributed by atoms with E-state index in [-0.39, 0.29) is 18.2 Å². The van der Waals surface area contributed by atoms with Gasteiger partial charge in [0, 0.05) is 19.6 Å². The van der Waals surface area contributed by atoms with Gasteiger partial charge in [0.1, 0.15) is 6.04 Å². The molecule has 6 nitrogen and oxygen atoms in total. The summed E-state index contributed by atoms with van der Waals surface area (Å²) in [6.07, 6.45) is 1.39. The third-order valence-electron chi connectivity index (χ3n) is 2.52. The van der Waals surface area contributed by atoms with Crippen molar-refractivity contribution in [2.24, 2.45) is 0 Å². The van der Waals surface area contributed by atoms with Gasteiger partial charge in [-0.15, -0.1) is 0 Å². The van der Waals surface area contributed by atoms with Gasteiger partial charge in [0.2, 0.25) is 0 Å². The Labute approximate surface area is 91.8 Å². The second-order valence-electron chi connectivity index (χ2n) is 3.53. The Morgan fingerprint density at radius 1 is 1.56 bits per heavy atom. The van der Waals surface area contributed by atoms with Gasteiger partial charge in [-0.1, -0.05) is 0 Å². The van der Waals surface area contributed by atoms with E-state index in [9.17, 15) is 9.59 Å². The molecule has 1 amide bonds. The lowest BCUT2D eigenvalue weighted by Gasteiger charge is -2.32. The van der Waals surface area contributed by atoms with E-state index < -0.39 is 12.0 Å². The fourth-order valence-electron chi connectivity index (χ4n) is 1.71. The van der Waals surface area contributed by atoms with Crippen LogP contribution in [0.5, 0.6) is 0 Å². The van der Waals surface area contributed by atoms with Crippen molar-refractivity contribution < 1.29 is 19.1 Å². The van der Waals surface area contributed by atoms with Crippen LogP contribution in [0.1, 0.15) is 10.6 Å². The van der Waals surface area contributed by atoms with E-state index in [0.29, 0.717) is 13.1 Å². The number of carbonyl (C=O) groups excluding carboxylic acids is 1. The minimum atomic E-state index is -1.01. The number of carbonyl (C=O) groups is 2. The van der Waals surface area contributed by atoms with Gasteiger partial charge in [0.05, 0.1) is 6.26 Å². The van der Waals surface area contributed by atoms with Crippen molar-refractivity contribution in [3.8, 4) is 0 Å². The molecule has 6 heteroatoms. The Morgan fingerprint density at radius 3 is 3.00 bits per heavy atom. The van der Waals surface area contributed by atoms with Crippen LogP contribution < -0.4 is 5.32 Å². The van der Waals surface area contributed by atoms with Crippen molar-refractivity contribution in [1.82, 2.24) is 10.2 Å². The molecule has 0 bridgehead atoms. The topological polar surface area (TPSA) is 82.8 Å². The molecule has 1 aliphatic heterocycles. The van der Waals surface area contributed by atoms with E-state index in [2.05, 4.69) is 5.32 Å². The van der Waals surface area contributed by atoms with Crippen molar-refractivity contribution in [3.63, 3.8) is 0 Å². The third-order valence-corrected chi connectivity index (χ3v) is 2.52. The standard InChI is InChI=1S/C10H12N2O4/c13-9(8-2-1-5-16-8)12-4-3-11-6-7(12)10(14)15/h1-2,5,7,11H,3-4,6H2,(H,14,15). The van der Waals surface area contributed by atoms with Crippen LogP contribution in [0.4, 0.5) is 0 Å². The van der Waals surface area contributed by atoms with E-state index in [1.165, 1.54) is 17.2 Å². The Morgan fingerprint density at radius 2 is 2.38 bits per heavy atom. The van der Waals surface area contributed by atoms with Crippen molar-refractivity contribution in [3.05, 3.63) is 24.2 Å². The molecule has 1 aliphatic rings. The molecule has 2 N–H and O–H groups in total. The second-order valence-corrected chi connectivity index (χ2v) is 3.53. The van der Waals surface area contributed by atoms with Crippen molar-refractivity contribution in [2.75, 3.05) is 19.6 Å². The predicted molar refractivity (Wildman–Crippen MR) is 54.0 cm³/mol. The number of nitrogens with one attached hydrogen (secondary N) is 1. The molecule has 1 saturated heterocycles. The van der Waals surface area contributed by atoms with Gasteiger partial charge in [0.15, 0.2) is 5.76 Å². The Bertz CT molecular complexity index is 388. The van der Waals surface area contributed by atoms with Crippen LogP contribution in [-0.2, 0) is 4.79 Å². The lowest BCUT2D eigenvalue weighted by Crippen LogP contribution is -2.56. The predicted octanol–water partition coefficient (Wildman–Crippen LogP) is -0.222. The monoisotopic (exact) mass is 224 g/mol. The number of carboxylic acid groups (broad SMARTS) is 1. The molecule has 16 heavy (non-hydrogen) atoms. The van der Waals surface area contributed by atoms with Gasteiger partial charge >= 0.3 is 5.97 Å². The van der Waals surface area contributed by atoms with Crippen LogP contribution >= 0.6 is 0 Å². The van der Waals surface area contributed by atoms with Crippen molar-refractivity contribution in [1.29, 1.82) is 0 Å². The number of rotatable bonds is 2. The number of nitrogens with zero attached hydrogens (tertiary/aromatic N) is 1. The molecule has 0 spiro atoms. The normalized spacial score (nSPS) is 20.8. The van der Waals surface area contributed by atoms with E-state index in [0.717, 1.165) is 0 Å². The number of aliphatic carboxylic acids is 1. The molecule has 0 radical (unpaired) electrons. The summed E-state index contributed by atoms with van der Waals surface area (Å²) < 4.78 is 4.97. The van der Waals surface area contributed by atoms with Crippen LogP contribution in [0, 0.1) is 0 Å². The van der Waals surface area contributed by atoms with Crippen LogP contribution in [0.2, 0.25) is 0 Å². The molecule has 0 saturated carbocycles. The first-order valence-electron chi connectivity index (χ1n) is 4.98. The summed E-state index contributed by atoms with van der Waals surface area (Å²) in [6, 6.07) is 2.31. The Kier molecular flexibility index (Phi) is 2.91. The highest BCUT2D eigenvalue weighted by Gasteiger charge is 2.33. The molecule has 1 fully saturated rings. The second kappa shape index (κ2) is 4.36. The third kappa shape index (κ3) is 1.92. The highest BCUT2D eigenvalue weighted by atomic mass is 16.4. The minimum Gasteiger partial charge on any atom is -0.480 e. The molecule has 2 heterocycles. The molecule has 1 atom stereocenters. The number of carboxylic acids is 1. The minimum absolute atomic E-state index is 0.174. The fraction of sp³-hybridized carbons (Fsp3) is 0.400. The SMILES string of the molecule is O=C(O)C1CNCCN1C(=O)c1ccco1. The first-order chi connectivity index (χ1) is 7.70. The molecule has 86 valence electrons. The van der Waals surface area contributed by atoms with Crippen LogP contribution in [0.25, 0.3) is 0 Å². The zero-order valence-electron chi connectivity index (χ0n) is 8.55. The van der Waals surface area contributed by atoms with Crippen molar-refractivity contribution >= 4 is 11.9 Å². The summed E-state index contributed by atoms with van der Waals surface area (Å²) in [7, 11) is 0. The highest BCUT2D eigenvalue weighted by molar-refractivity contribution is 5.94. The van der Waals surface area contributed by atoms with Gasteiger partial charge < -0.3 is 19.7 Å². The fourth-order valence-corrected chi connectivity index (χ4v) is 1.71. The van der Waals surface area contributed by atoms with Gasteiger partial charge in [-0.05, 0) is 12.1 Å². The van der Waals surface area contributed by atoms with Crippen LogP contribution in [0.3, 0.4) is 0 Å². The zero-order valence-corrected chi connectivity index (χ0v) is 8.55. The van der Waals surface area contributed by atoms with Gasteiger partial charge in [0.25, 0.3) is 5.91 Å². The summed E-state index contributed by atoms with van der Waals surface area (Å²) in [5.41, 5.74) is 0. The van der Waals surface area contributed by atoms with E-state index in [1.807, 2.05) is 0 Å². The summed E-state index contributed by atoms with van der Waals surface area (Å²) >= 11 is 0. The maximum Gasteiger partial charge on any atom is 0.327 e. The number of hydrogen-bond acceptors (Lipinski definition) is 4. The van der Waals surface area contributed by atoms with Crippen LogP contribution in [0.15, 0.2) is 22.8 Å².